The highest BCUT2D eigenvalue weighted by Gasteiger charge is 2.20. The Morgan fingerprint density at radius 2 is 2.17 bits per heavy atom. The van der Waals surface area contributed by atoms with Gasteiger partial charge in [-0.1, -0.05) is 12.1 Å². The predicted octanol–water partition coefficient (Wildman–Crippen LogP) is 2.06. The maximum absolute atomic E-state index is 10.3. The molecule has 0 saturated heterocycles. The van der Waals surface area contributed by atoms with Gasteiger partial charge in [0.2, 0.25) is 6.17 Å². The Morgan fingerprint density at radius 3 is 2.75 bits per heavy atom. The topological polar surface area (TPSA) is 67.9 Å². The van der Waals surface area contributed by atoms with Crippen molar-refractivity contribution >= 4 is 5.69 Å². The van der Waals surface area contributed by atoms with Gasteiger partial charge in [0.25, 0.3) is 5.69 Å². The van der Waals surface area contributed by atoms with E-state index in [1.807, 2.05) is 0 Å². The van der Waals surface area contributed by atoms with Crippen molar-refractivity contribution in [3.63, 3.8) is 0 Å². The van der Waals surface area contributed by atoms with Crippen LogP contribution in [0.4, 0.5) is 5.69 Å². The van der Waals surface area contributed by atoms with Crippen molar-refractivity contribution in [1.29, 1.82) is 0 Å². The van der Waals surface area contributed by atoms with Crippen LogP contribution in [0, 0.1) is 10.1 Å². The minimum atomic E-state index is -0.425. The summed E-state index contributed by atoms with van der Waals surface area (Å²) in [5, 5.41) is 17.7. The quantitative estimate of drug-likeness (QED) is 0.494. The lowest BCUT2D eigenvalue weighted by atomic mass is 10.2. The molecule has 12 heavy (non-hydrogen) atoms. The smallest absolute Gasteiger partial charge is 0.258 e. The normalized spacial score (nSPS) is 14.7. The third-order valence-electron chi connectivity index (χ3n) is 1.61. The first kappa shape index (κ1) is 6.90. The second kappa shape index (κ2) is 2.37. The van der Waals surface area contributed by atoms with Gasteiger partial charge in [-0.3, -0.25) is 10.1 Å². The van der Waals surface area contributed by atoms with E-state index in [0.29, 0.717) is 0 Å². The van der Waals surface area contributed by atoms with Crippen molar-refractivity contribution in [1.82, 2.24) is 0 Å². The minimum Gasteiger partial charge on any atom is -0.258 e. The fraction of sp³-hybridized carbons (Fsp3) is 0.143. The van der Waals surface area contributed by atoms with Crippen LogP contribution < -0.4 is 0 Å². The largest absolute Gasteiger partial charge is 0.269 e. The summed E-state index contributed by atoms with van der Waals surface area (Å²) in [6.45, 7) is 0. The molecule has 5 heteroatoms. The zero-order chi connectivity index (χ0) is 8.55. The molecule has 0 atom stereocenters. The number of hydrogen-bond acceptors (Lipinski definition) is 4. The van der Waals surface area contributed by atoms with E-state index < -0.39 is 4.92 Å². The molecule has 1 aromatic rings. The number of nitro groups is 1. The maximum atomic E-state index is 10.3. The molecule has 0 fully saturated rings. The van der Waals surface area contributed by atoms with E-state index in [9.17, 15) is 10.1 Å². The molecule has 0 radical (unpaired) electrons. The number of nitrogens with zero attached hydrogens (tertiary/aromatic N) is 3. The van der Waals surface area contributed by atoms with E-state index in [1.54, 1.807) is 12.1 Å². The van der Waals surface area contributed by atoms with Crippen LogP contribution in [0.1, 0.15) is 11.7 Å². The van der Waals surface area contributed by atoms with Gasteiger partial charge >= 0.3 is 0 Å². The van der Waals surface area contributed by atoms with Gasteiger partial charge in [-0.15, -0.1) is 0 Å². The van der Waals surface area contributed by atoms with Crippen LogP contribution in [0.3, 0.4) is 0 Å². The van der Waals surface area contributed by atoms with Crippen LogP contribution in [0.15, 0.2) is 34.5 Å². The maximum Gasteiger partial charge on any atom is 0.269 e. The highest BCUT2D eigenvalue weighted by Crippen LogP contribution is 2.31. The van der Waals surface area contributed by atoms with Gasteiger partial charge in [0.15, 0.2) is 0 Å². The summed E-state index contributed by atoms with van der Waals surface area (Å²) >= 11 is 0. The molecule has 0 amide bonds. The van der Waals surface area contributed by atoms with E-state index >= 15 is 0 Å². The van der Waals surface area contributed by atoms with Gasteiger partial charge < -0.3 is 0 Å². The lowest BCUT2D eigenvalue weighted by Gasteiger charge is -1.93. The first-order valence-corrected chi connectivity index (χ1v) is 3.42. The second-order valence-corrected chi connectivity index (χ2v) is 2.46. The number of rotatable bonds is 2. The number of benzene rings is 1. The molecule has 0 N–H and O–H groups in total. The molecule has 60 valence electrons. The van der Waals surface area contributed by atoms with Gasteiger partial charge in [0, 0.05) is 17.7 Å². The molecular formula is C7H5N3O2. The molecule has 1 aliphatic rings. The molecule has 0 spiro atoms. The fourth-order valence-corrected chi connectivity index (χ4v) is 0.966. The van der Waals surface area contributed by atoms with Crippen LogP contribution in [0.2, 0.25) is 0 Å². The summed E-state index contributed by atoms with van der Waals surface area (Å²) in [5.74, 6) is 0. The van der Waals surface area contributed by atoms with Crippen molar-refractivity contribution in [2.45, 2.75) is 6.17 Å². The van der Waals surface area contributed by atoms with Crippen LogP contribution in [-0.2, 0) is 0 Å². The average molecular weight is 163 g/mol. The van der Waals surface area contributed by atoms with Crippen molar-refractivity contribution in [3.05, 3.63) is 39.9 Å². The summed E-state index contributed by atoms with van der Waals surface area (Å²) in [4.78, 5) is 9.92. The van der Waals surface area contributed by atoms with E-state index in [-0.39, 0.29) is 11.9 Å². The standard InChI is InChI=1S/C7H5N3O2/c11-10(12)6-3-1-2-5(4-6)7-8-9-7/h1-4,7H. The SMILES string of the molecule is O=[N+]([O-])c1cccc(C2N=N2)c1. The van der Waals surface area contributed by atoms with Crippen LogP contribution in [0.25, 0.3) is 0 Å². The Bertz CT molecular complexity index is 355. The molecule has 0 aromatic heterocycles. The van der Waals surface area contributed by atoms with E-state index in [0.717, 1.165) is 5.56 Å². The third-order valence-corrected chi connectivity index (χ3v) is 1.61. The Labute approximate surface area is 67.9 Å². The van der Waals surface area contributed by atoms with Crippen LogP contribution >= 0.6 is 0 Å². The van der Waals surface area contributed by atoms with Gasteiger partial charge in [-0.05, 0) is 0 Å². The predicted molar refractivity (Wildman–Crippen MR) is 40.7 cm³/mol. The van der Waals surface area contributed by atoms with Gasteiger partial charge in [0.05, 0.1) is 4.92 Å². The minimum absolute atomic E-state index is 0.0878. The molecular weight excluding hydrogens is 158 g/mol. The Kier molecular flexibility index (Phi) is 1.36. The van der Waals surface area contributed by atoms with Crippen LogP contribution in [0.5, 0.6) is 0 Å². The summed E-state index contributed by atoms with van der Waals surface area (Å²) in [6.07, 6.45) is -0.162. The molecule has 1 aliphatic heterocycles. The molecule has 2 rings (SSSR count). The lowest BCUT2D eigenvalue weighted by molar-refractivity contribution is -0.384. The molecule has 1 heterocycles. The van der Waals surface area contributed by atoms with Crippen molar-refractivity contribution in [2.24, 2.45) is 10.2 Å². The first-order valence-electron chi connectivity index (χ1n) is 3.42. The molecule has 0 bridgehead atoms. The van der Waals surface area contributed by atoms with Crippen LogP contribution in [-0.4, -0.2) is 4.92 Å². The van der Waals surface area contributed by atoms with E-state index in [1.165, 1.54) is 12.1 Å². The van der Waals surface area contributed by atoms with E-state index in [2.05, 4.69) is 10.2 Å². The lowest BCUT2D eigenvalue weighted by Crippen LogP contribution is -1.89. The highest BCUT2D eigenvalue weighted by molar-refractivity contribution is 5.36. The van der Waals surface area contributed by atoms with Gasteiger partial charge in [-0.2, -0.15) is 10.2 Å². The second-order valence-electron chi connectivity index (χ2n) is 2.46. The molecule has 0 saturated carbocycles. The number of nitro benzene ring substituents is 1. The van der Waals surface area contributed by atoms with E-state index in [4.69, 9.17) is 0 Å². The van der Waals surface area contributed by atoms with Gasteiger partial charge in [-0.25, -0.2) is 0 Å². The average Bonchev–Trinajstić information content (AvgIpc) is 2.87. The molecule has 1 aromatic carbocycles. The zero-order valence-corrected chi connectivity index (χ0v) is 6.04. The van der Waals surface area contributed by atoms with Crippen molar-refractivity contribution in [3.8, 4) is 0 Å². The molecule has 0 aliphatic carbocycles. The summed E-state index contributed by atoms with van der Waals surface area (Å²) in [7, 11) is 0. The number of hydrogen-bond donors (Lipinski definition) is 0. The van der Waals surface area contributed by atoms with Gasteiger partial charge in [0.1, 0.15) is 0 Å². The summed E-state index contributed by atoms with van der Waals surface area (Å²) in [6, 6.07) is 6.35. The monoisotopic (exact) mass is 163 g/mol. The number of non-ortho nitro benzene ring substituents is 1. The van der Waals surface area contributed by atoms with Crippen molar-refractivity contribution < 1.29 is 4.92 Å². The summed E-state index contributed by atoms with van der Waals surface area (Å²) < 4.78 is 0. The zero-order valence-electron chi connectivity index (χ0n) is 6.04. The van der Waals surface area contributed by atoms with Crippen molar-refractivity contribution in [2.75, 3.05) is 0 Å². The summed E-state index contributed by atoms with van der Waals surface area (Å²) in [5.41, 5.74) is 0.869. The fourth-order valence-electron chi connectivity index (χ4n) is 0.966. The highest BCUT2D eigenvalue weighted by atomic mass is 16.6. The molecule has 0 unspecified atom stereocenters. The Morgan fingerprint density at radius 1 is 1.42 bits per heavy atom. The first-order chi connectivity index (χ1) is 5.77. The molecule has 5 nitrogen and oxygen atoms in total. The third kappa shape index (κ3) is 1.16. The Balaban J connectivity index is 2.33. The Hall–Kier alpha value is -1.78.